The molecule has 6 aromatic carbocycles. The molecule has 0 fully saturated rings. The number of allylic oxidation sites excluding steroid dienone is 4. The van der Waals surface area contributed by atoms with Gasteiger partial charge in [0.15, 0.2) is 5.58 Å². The Morgan fingerprint density at radius 3 is 2.42 bits per heavy atom. The number of hydrogen-bond donors (Lipinski definition) is 0. The van der Waals surface area contributed by atoms with E-state index >= 15 is 0 Å². The molecule has 8 aromatic rings. The standard InChI is InChI=1S/C41H28N2OS/c1-3-12-27(13-4-1)31-17-7-9-19-34(31)43(30-23-25-38-33(26-30)32-18-8-10-21-37(32)45-38)35-20-11-16-28-22-24-36-40(39(28)35)42-41(44-36)29-14-5-2-6-15-29/h1-3,5-12,14-26H,4,13H2. The third-order valence-corrected chi connectivity index (χ3v) is 9.92. The Morgan fingerprint density at radius 1 is 0.689 bits per heavy atom. The van der Waals surface area contributed by atoms with Crippen LogP contribution in [-0.4, -0.2) is 4.98 Å². The van der Waals surface area contributed by atoms with Gasteiger partial charge in [0.2, 0.25) is 5.89 Å². The van der Waals surface area contributed by atoms with Crippen molar-refractivity contribution < 1.29 is 4.42 Å². The van der Waals surface area contributed by atoms with Crippen LogP contribution in [0.25, 0.3) is 59.1 Å². The van der Waals surface area contributed by atoms with E-state index in [1.165, 1.54) is 31.3 Å². The minimum Gasteiger partial charge on any atom is -0.436 e. The van der Waals surface area contributed by atoms with E-state index in [0.717, 1.165) is 57.3 Å². The van der Waals surface area contributed by atoms with Crippen LogP contribution >= 0.6 is 11.3 Å². The summed E-state index contributed by atoms with van der Waals surface area (Å²) in [5, 5.41) is 4.76. The summed E-state index contributed by atoms with van der Waals surface area (Å²) in [5.41, 5.74) is 8.53. The second-order valence-corrected chi connectivity index (χ2v) is 12.5. The van der Waals surface area contributed by atoms with E-state index in [9.17, 15) is 0 Å². The van der Waals surface area contributed by atoms with Crippen molar-refractivity contribution in [1.82, 2.24) is 4.98 Å². The Labute approximate surface area is 265 Å². The first-order chi connectivity index (χ1) is 22.3. The molecule has 45 heavy (non-hydrogen) atoms. The maximum atomic E-state index is 6.38. The number of aromatic nitrogens is 1. The molecule has 3 nitrogen and oxygen atoms in total. The maximum Gasteiger partial charge on any atom is 0.227 e. The normalized spacial score (nSPS) is 13.2. The molecule has 0 amide bonds. The van der Waals surface area contributed by atoms with Gasteiger partial charge in [-0.25, -0.2) is 4.98 Å². The van der Waals surface area contributed by atoms with E-state index in [2.05, 4.69) is 114 Å². The Morgan fingerprint density at radius 2 is 1.51 bits per heavy atom. The second-order valence-electron chi connectivity index (χ2n) is 11.5. The monoisotopic (exact) mass is 596 g/mol. The van der Waals surface area contributed by atoms with Gasteiger partial charge in [0, 0.05) is 42.4 Å². The van der Waals surface area contributed by atoms with Gasteiger partial charge in [-0.05, 0) is 78.4 Å². The lowest BCUT2D eigenvalue weighted by atomic mass is 9.94. The number of fused-ring (bicyclic) bond motifs is 6. The lowest BCUT2D eigenvalue weighted by molar-refractivity contribution is 0.620. The molecule has 2 aromatic heterocycles. The van der Waals surface area contributed by atoms with Crippen molar-refractivity contribution >= 4 is 76.0 Å². The van der Waals surface area contributed by atoms with Crippen LogP contribution in [0, 0.1) is 0 Å². The molecule has 0 saturated carbocycles. The molecule has 0 atom stereocenters. The molecular weight excluding hydrogens is 569 g/mol. The highest BCUT2D eigenvalue weighted by Crippen LogP contribution is 2.46. The first-order valence-corrected chi connectivity index (χ1v) is 16.2. The first kappa shape index (κ1) is 26.0. The van der Waals surface area contributed by atoms with Crippen LogP contribution in [-0.2, 0) is 0 Å². The summed E-state index contributed by atoms with van der Waals surface area (Å²) in [7, 11) is 0. The maximum absolute atomic E-state index is 6.38. The summed E-state index contributed by atoms with van der Waals surface area (Å²) < 4.78 is 8.97. The van der Waals surface area contributed by atoms with Gasteiger partial charge in [-0.3, -0.25) is 0 Å². The van der Waals surface area contributed by atoms with E-state index in [1.54, 1.807) is 0 Å². The summed E-state index contributed by atoms with van der Waals surface area (Å²) in [4.78, 5) is 7.55. The fraction of sp³-hybridized carbons (Fsp3) is 0.0488. The zero-order chi connectivity index (χ0) is 29.7. The summed E-state index contributed by atoms with van der Waals surface area (Å²) in [5.74, 6) is 0.630. The predicted octanol–water partition coefficient (Wildman–Crippen LogP) is 12.2. The molecule has 4 heteroatoms. The number of anilines is 3. The number of oxazole rings is 1. The fourth-order valence-corrected chi connectivity index (χ4v) is 7.75. The molecule has 214 valence electrons. The minimum absolute atomic E-state index is 0.630. The van der Waals surface area contributed by atoms with E-state index in [4.69, 9.17) is 9.40 Å². The molecular formula is C41H28N2OS. The van der Waals surface area contributed by atoms with Gasteiger partial charge in [-0.1, -0.05) is 91.0 Å². The average Bonchev–Trinajstić information content (AvgIpc) is 3.71. The molecule has 0 radical (unpaired) electrons. The van der Waals surface area contributed by atoms with Gasteiger partial charge in [0.1, 0.15) is 5.52 Å². The second kappa shape index (κ2) is 10.6. The van der Waals surface area contributed by atoms with Gasteiger partial charge >= 0.3 is 0 Å². The molecule has 1 aliphatic carbocycles. The quantitative estimate of drug-likeness (QED) is 0.198. The largest absolute Gasteiger partial charge is 0.436 e. The van der Waals surface area contributed by atoms with Gasteiger partial charge in [0.25, 0.3) is 0 Å². The molecule has 0 aliphatic heterocycles. The van der Waals surface area contributed by atoms with Crippen LogP contribution in [0.5, 0.6) is 0 Å². The lowest BCUT2D eigenvalue weighted by Gasteiger charge is -2.30. The van der Waals surface area contributed by atoms with Crippen LogP contribution in [0.2, 0.25) is 0 Å². The molecule has 1 aliphatic rings. The molecule has 0 bridgehead atoms. The van der Waals surface area contributed by atoms with Crippen molar-refractivity contribution in [3.63, 3.8) is 0 Å². The van der Waals surface area contributed by atoms with Crippen LogP contribution < -0.4 is 4.90 Å². The molecule has 0 spiro atoms. The predicted molar refractivity (Wildman–Crippen MR) is 191 cm³/mol. The number of para-hydroxylation sites is 1. The SMILES string of the molecule is C1=CCCC(c2ccccc2N(c2ccc3sc4ccccc4c3c2)c2cccc3ccc4oc(-c5ccccc5)nc4c23)=C1. The molecule has 2 heterocycles. The highest BCUT2D eigenvalue weighted by atomic mass is 32.1. The number of thiophene rings is 1. The Hall–Kier alpha value is -5.45. The van der Waals surface area contributed by atoms with E-state index in [-0.39, 0.29) is 0 Å². The molecule has 0 saturated heterocycles. The third-order valence-electron chi connectivity index (χ3n) is 8.76. The van der Waals surface area contributed by atoms with Crippen LogP contribution in [0.1, 0.15) is 18.4 Å². The minimum atomic E-state index is 0.630. The highest BCUT2D eigenvalue weighted by Gasteiger charge is 2.23. The van der Waals surface area contributed by atoms with Crippen LogP contribution in [0.15, 0.2) is 150 Å². The number of benzene rings is 6. The Bertz CT molecular complexity index is 2450. The zero-order valence-electron chi connectivity index (χ0n) is 24.5. The van der Waals surface area contributed by atoms with Crippen molar-refractivity contribution in [3.8, 4) is 11.5 Å². The Balaban J connectivity index is 1.35. The van der Waals surface area contributed by atoms with Crippen LogP contribution in [0.3, 0.4) is 0 Å². The van der Waals surface area contributed by atoms with Crippen molar-refractivity contribution in [2.75, 3.05) is 4.90 Å². The van der Waals surface area contributed by atoms with Gasteiger partial charge in [-0.2, -0.15) is 0 Å². The third kappa shape index (κ3) is 4.37. The van der Waals surface area contributed by atoms with E-state index in [1.807, 2.05) is 47.7 Å². The fourth-order valence-electron chi connectivity index (χ4n) is 6.66. The van der Waals surface area contributed by atoms with Crippen LogP contribution in [0.4, 0.5) is 17.1 Å². The molecule has 0 unspecified atom stereocenters. The zero-order valence-corrected chi connectivity index (χ0v) is 25.3. The number of rotatable bonds is 5. The highest BCUT2D eigenvalue weighted by molar-refractivity contribution is 7.25. The average molecular weight is 597 g/mol. The number of hydrogen-bond acceptors (Lipinski definition) is 4. The van der Waals surface area contributed by atoms with Crippen molar-refractivity contribution in [2.24, 2.45) is 0 Å². The van der Waals surface area contributed by atoms with Gasteiger partial charge < -0.3 is 9.32 Å². The summed E-state index contributed by atoms with van der Waals surface area (Å²) in [6.45, 7) is 0. The van der Waals surface area contributed by atoms with Gasteiger partial charge in [-0.15, -0.1) is 11.3 Å². The summed E-state index contributed by atoms with van der Waals surface area (Å²) >= 11 is 1.85. The Kier molecular flexibility index (Phi) is 6.13. The molecule has 9 rings (SSSR count). The summed E-state index contributed by atoms with van der Waals surface area (Å²) in [6, 6.07) is 45.3. The summed E-state index contributed by atoms with van der Waals surface area (Å²) in [6.07, 6.45) is 8.75. The van der Waals surface area contributed by atoms with Crippen molar-refractivity contribution in [3.05, 3.63) is 151 Å². The topological polar surface area (TPSA) is 29.3 Å². The molecule has 0 N–H and O–H groups in total. The van der Waals surface area contributed by atoms with E-state index in [0.29, 0.717) is 5.89 Å². The van der Waals surface area contributed by atoms with Crippen molar-refractivity contribution in [1.29, 1.82) is 0 Å². The van der Waals surface area contributed by atoms with Crippen molar-refractivity contribution in [2.45, 2.75) is 12.8 Å². The van der Waals surface area contributed by atoms with E-state index < -0.39 is 0 Å². The van der Waals surface area contributed by atoms with Gasteiger partial charge in [0.05, 0.1) is 11.4 Å². The lowest BCUT2D eigenvalue weighted by Crippen LogP contribution is -2.13. The smallest absolute Gasteiger partial charge is 0.227 e. The first-order valence-electron chi connectivity index (χ1n) is 15.4. The number of nitrogens with zero attached hydrogens (tertiary/aromatic N) is 2.